The van der Waals surface area contributed by atoms with E-state index in [1.54, 1.807) is 11.6 Å². The van der Waals surface area contributed by atoms with E-state index in [0.717, 1.165) is 39.1 Å². The molecular formula is C25H33FN2O2. The van der Waals surface area contributed by atoms with Gasteiger partial charge in [-0.2, -0.15) is 0 Å². The lowest BCUT2D eigenvalue weighted by atomic mass is 9.59. The highest BCUT2D eigenvalue weighted by atomic mass is 19.1. The minimum absolute atomic E-state index is 0.0201. The average Bonchev–Trinajstić information content (AvgIpc) is 3.01. The fourth-order valence-electron chi connectivity index (χ4n) is 6.42. The normalized spacial score (nSPS) is 36.7. The second kappa shape index (κ2) is 7.67. The maximum absolute atomic E-state index is 14.1. The molecule has 162 valence electrons. The van der Waals surface area contributed by atoms with Gasteiger partial charge in [0.2, 0.25) is 0 Å². The highest BCUT2D eigenvalue weighted by molar-refractivity contribution is 5.76. The van der Waals surface area contributed by atoms with Crippen LogP contribution in [0.5, 0.6) is 0 Å². The molecule has 2 aliphatic heterocycles. The Morgan fingerprint density at radius 1 is 1.20 bits per heavy atom. The van der Waals surface area contributed by atoms with Gasteiger partial charge in [0.1, 0.15) is 11.9 Å². The molecule has 5 rings (SSSR count). The number of rotatable bonds is 3. The summed E-state index contributed by atoms with van der Waals surface area (Å²) >= 11 is 0. The van der Waals surface area contributed by atoms with Crippen LogP contribution in [0, 0.1) is 29.0 Å². The van der Waals surface area contributed by atoms with Gasteiger partial charge in [-0.15, -0.1) is 0 Å². The highest BCUT2D eigenvalue weighted by Gasteiger charge is 2.52. The lowest BCUT2D eigenvalue weighted by molar-refractivity contribution is -0.145. The first kappa shape index (κ1) is 20.0. The topological polar surface area (TPSA) is 32.8 Å². The van der Waals surface area contributed by atoms with Gasteiger partial charge in [0.15, 0.2) is 0 Å². The second-order valence-corrected chi connectivity index (χ2v) is 10.1. The molecule has 0 amide bonds. The summed E-state index contributed by atoms with van der Waals surface area (Å²) in [5.41, 5.74) is 2.46. The number of carbonyl (C=O) groups excluding carboxylic acids is 1. The van der Waals surface area contributed by atoms with E-state index >= 15 is 0 Å². The van der Waals surface area contributed by atoms with Crippen LogP contribution >= 0.6 is 0 Å². The number of ether oxygens (including phenoxy) is 1. The molecule has 0 spiro atoms. The number of para-hydroxylation sites is 1. The monoisotopic (exact) mass is 412 g/mol. The zero-order valence-corrected chi connectivity index (χ0v) is 18.1. The fraction of sp³-hybridized carbons (Fsp3) is 0.640. The number of fused-ring (bicyclic) bond motifs is 2. The van der Waals surface area contributed by atoms with E-state index in [9.17, 15) is 9.18 Å². The van der Waals surface area contributed by atoms with Gasteiger partial charge in [0, 0.05) is 38.6 Å². The van der Waals surface area contributed by atoms with Crippen LogP contribution in [0.2, 0.25) is 0 Å². The van der Waals surface area contributed by atoms with Crippen molar-refractivity contribution in [3.63, 3.8) is 0 Å². The summed E-state index contributed by atoms with van der Waals surface area (Å²) in [5.74, 6) is 0.581. The summed E-state index contributed by atoms with van der Waals surface area (Å²) in [6, 6.07) is 6.98. The molecule has 3 fully saturated rings. The van der Waals surface area contributed by atoms with E-state index in [-0.39, 0.29) is 35.1 Å². The van der Waals surface area contributed by atoms with Crippen LogP contribution in [0.25, 0.3) is 0 Å². The molecule has 4 nitrogen and oxygen atoms in total. The van der Waals surface area contributed by atoms with Gasteiger partial charge in [-0.3, -0.25) is 9.69 Å². The minimum atomic E-state index is -0.161. The molecule has 0 unspecified atom stereocenters. The Hall–Kier alpha value is -1.88. The minimum Gasteiger partial charge on any atom is -0.461 e. The van der Waals surface area contributed by atoms with E-state index < -0.39 is 0 Å². The van der Waals surface area contributed by atoms with Crippen LogP contribution in [0.15, 0.2) is 35.9 Å². The Bertz CT molecular complexity index is 847. The fourth-order valence-corrected chi connectivity index (χ4v) is 6.42. The number of halogens is 1. The van der Waals surface area contributed by atoms with Crippen LogP contribution in [0.3, 0.4) is 0 Å². The van der Waals surface area contributed by atoms with Gasteiger partial charge in [-0.1, -0.05) is 44.1 Å². The number of benzene rings is 1. The highest BCUT2D eigenvalue weighted by Crippen LogP contribution is 2.54. The van der Waals surface area contributed by atoms with Gasteiger partial charge in [-0.05, 0) is 42.7 Å². The molecule has 1 aromatic rings. The third-order valence-electron chi connectivity index (χ3n) is 8.10. The summed E-state index contributed by atoms with van der Waals surface area (Å²) in [6.45, 7) is 8.73. The van der Waals surface area contributed by atoms with Crippen molar-refractivity contribution in [3.8, 4) is 0 Å². The Morgan fingerprint density at radius 2 is 1.97 bits per heavy atom. The number of nitrogens with zero attached hydrogens (tertiary/aromatic N) is 2. The van der Waals surface area contributed by atoms with Crippen molar-refractivity contribution < 1.29 is 13.9 Å². The van der Waals surface area contributed by atoms with Crippen LogP contribution in [-0.4, -0.2) is 49.7 Å². The van der Waals surface area contributed by atoms with Crippen LogP contribution in [-0.2, 0) is 9.53 Å². The Kier molecular flexibility index (Phi) is 5.12. The van der Waals surface area contributed by atoms with E-state index in [2.05, 4.69) is 29.7 Å². The van der Waals surface area contributed by atoms with E-state index in [1.165, 1.54) is 25.3 Å². The first-order valence-corrected chi connectivity index (χ1v) is 11.6. The summed E-state index contributed by atoms with van der Waals surface area (Å²) in [7, 11) is 0. The zero-order valence-electron chi connectivity index (χ0n) is 18.1. The van der Waals surface area contributed by atoms with Crippen molar-refractivity contribution in [1.29, 1.82) is 0 Å². The molecule has 0 radical (unpaired) electrons. The summed E-state index contributed by atoms with van der Waals surface area (Å²) < 4.78 is 20.0. The number of piperazine rings is 1. The van der Waals surface area contributed by atoms with Gasteiger partial charge in [0.05, 0.1) is 11.6 Å². The Balaban J connectivity index is 1.27. The Morgan fingerprint density at radius 3 is 2.73 bits per heavy atom. The number of carbonyl (C=O) groups is 1. The standard InChI is InChI=1S/C25H33FN2O2/c1-17-6-5-9-25(2)15-23-18(14-20(17)25)19(24(29)30-23)16-27-10-12-28(13-11-27)22-8-4-3-7-21(22)26/h3-4,7-8,14,17-19,23H,5-6,9-13,15-16H2,1-2H3/t17-,18+,19+,23+,25+/m0/s1. The molecule has 0 aromatic heterocycles. The molecule has 4 aliphatic rings. The van der Waals surface area contributed by atoms with Crippen LogP contribution in [0.1, 0.15) is 39.5 Å². The number of hydrogen-bond donors (Lipinski definition) is 0. The SMILES string of the molecule is C[C@H]1CCC[C@]2(C)C[C@H]3OC(=O)[C@H](CN4CCN(c5ccccc5F)CC4)[C@H]3C=C12. The lowest BCUT2D eigenvalue weighted by Crippen LogP contribution is -2.49. The van der Waals surface area contributed by atoms with Crippen molar-refractivity contribution in [2.45, 2.75) is 45.6 Å². The molecule has 2 saturated heterocycles. The van der Waals surface area contributed by atoms with Crippen molar-refractivity contribution in [2.75, 3.05) is 37.6 Å². The average molecular weight is 413 g/mol. The van der Waals surface area contributed by atoms with Crippen LogP contribution < -0.4 is 4.90 Å². The van der Waals surface area contributed by atoms with E-state index in [0.29, 0.717) is 11.6 Å². The third-order valence-corrected chi connectivity index (χ3v) is 8.10. The predicted octanol–water partition coefficient (Wildman–Crippen LogP) is 4.26. The summed E-state index contributed by atoms with van der Waals surface area (Å²) in [5, 5.41) is 0. The maximum atomic E-state index is 14.1. The molecular weight excluding hydrogens is 379 g/mol. The largest absolute Gasteiger partial charge is 0.461 e. The molecule has 1 aromatic carbocycles. The van der Waals surface area contributed by atoms with Crippen molar-refractivity contribution in [2.24, 2.45) is 23.2 Å². The lowest BCUT2D eigenvalue weighted by Gasteiger charge is -2.46. The van der Waals surface area contributed by atoms with Crippen molar-refractivity contribution >= 4 is 11.7 Å². The zero-order chi connectivity index (χ0) is 20.9. The summed E-state index contributed by atoms with van der Waals surface area (Å²) in [4.78, 5) is 17.3. The van der Waals surface area contributed by atoms with E-state index in [1.807, 2.05) is 12.1 Å². The first-order valence-electron chi connectivity index (χ1n) is 11.6. The molecule has 1 saturated carbocycles. The molecule has 2 heterocycles. The molecule has 30 heavy (non-hydrogen) atoms. The van der Waals surface area contributed by atoms with Crippen LogP contribution in [0.4, 0.5) is 10.1 Å². The predicted molar refractivity (Wildman–Crippen MR) is 116 cm³/mol. The van der Waals surface area contributed by atoms with E-state index in [4.69, 9.17) is 4.74 Å². The number of anilines is 1. The van der Waals surface area contributed by atoms with Crippen molar-refractivity contribution in [3.05, 3.63) is 41.7 Å². The summed E-state index contributed by atoms with van der Waals surface area (Å²) in [6.07, 6.45) is 7.21. The van der Waals surface area contributed by atoms with Gasteiger partial charge < -0.3 is 9.64 Å². The number of esters is 1. The molecule has 0 bridgehead atoms. The Labute approximate surface area is 179 Å². The molecule has 5 heteroatoms. The van der Waals surface area contributed by atoms with Gasteiger partial charge >= 0.3 is 5.97 Å². The smallest absolute Gasteiger partial charge is 0.311 e. The molecule has 0 N–H and O–H groups in total. The maximum Gasteiger partial charge on any atom is 0.311 e. The second-order valence-electron chi connectivity index (χ2n) is 10.1. The van der Waals surface area contributed by atoms with Gasteiger partial charge in [0.25, 0.3) is 0 Å². The number of allylic oxidation sites excluding steroid dienone is 1. The number of hydrogen-bond acceptors (Lipinski definition) is 4. The first-order chi connectivity index (χ1) is 14.4. The third kappa shape index (κ3) is 3.45. The van der Waals surface area contributed by atoms with Crippen molar-refractivity contribution in [1.82, 2.24) is 4.90 Å². The quantitative estimate of drug-likeness (QED) is 0.549. The van der Waals surface area contributed by atoms with Gasteiger partial charge in [-0.25, -0.2) is 4.39 Å². The molecule has 2 aliphatic carbocycles. The molecule has 5 atom stereocenters.